The number of hydrogen-bond donors (Lipinski definition) is 1. The fourth-order valence-electron chi connectivity index (χ4n) is 0.997. The van der Waals surface area contributed by atoms with Crippen molar-refractivity contribution in [3.8, 4) is 11.8 Å². The highest BCUT2D eigenvalue weighted by atomic mass is 19.4. The van der Waals surface area contributed by atoms with Crippen molar-refractivity contribution in [2.45, 2.75) is 13.0 Å². The molecule has 1 aromatic rings. The molecule has 80 valence electrons. The van der Waals surface area contributed by atoms with Crippen LogP contribution in [-0.2, 0) is 6.61 Å². The normalized spacial score (nSPS) is 10.9. The lowest BCUT2D eigenvalue weighted by Gasteiger charge is -2.11. The molecule has 0 aliphatic rings. The van der Waals surface area contributed by atoms with E-state index in [1.54, 1.807) is 6.07 Å². The number of aliphatic hydroxyl groups excluding tert-OH is 1. The molecule has 15 heavy (non-hydrogen) atoms. The van der Waals surface area contributed by atoms with Crippen LogP contribution in [0.3, 0.4) is 0 Å². The fraction of sp³-hybridized carbons (Fsp3) is 0.222. The summed E-state index contributed by atoms with van der Waals surface area (Å²) in [7, 11) is 0. The van der Waals surface area contributed by atoms with Gasteiger partial charge < -0.3 is 9.84 Å². The van der Waals surface area contributed by atoms with E-state index in [9.17, 15) is 13.2 Å². The average Bonchev–Trinajstić information content (AvgIpc) is 2.16. The number of rotatable bonds is 2. The first-order chi connectivity index (χ1) is 6.96. The molecule has 0 fully saturated rings. The highest BCUT2D eigenvalue weighted by molar-refractivity contribution is 5.41. The third kappa shape index (κ3) is 3.14. The number of aliphatic hydroxyl groups is 1. The van der Waals surface area contributed by atoms with Crippen molar-refractivity contribution < 1.29 is 23.0 Å². The van der Waals surface area contributed by atoms with Crippen molar-refractivity contribution in [1.29, 1.82) is 5.26 Å². The molecule has 6 heteroatoms. The standard InChI is InChI=1S/C9H6F3NO2/c10-9(11,12)15-8-2-1-6(4-13)3-7(8)5-14/h1-3,14H,5H2. The summed E-state index contributed by atoms with van der Waals surface area (Å²) in [6.45, 7) is -0.624. The summed E-state index contributed by atoms with van der Waals surface area (Å²) in [5.41, 5.74) is 0.0833. The number of ether oxygens (including phenoxy) is 1. The molecular weight excluding hydrogens is 211 g/mol. The van der Waals surface area contributed by atoms with Gasteiger partial charge >= 0.3 is 6.36 Å². The first-order valence-electron chi connectivity index (χ1n) is 3.86. The summed E-state index contributed by atoms with van der Waals surface area (Å²) in [6.07, 6.45) is -4.81. The van der Waals surface area contributed by atoms with E-state index in [1.165, 1.54) is 6.07 Å². The molecule has 0 amide bonds. The maximum atomic E-state index is 11.9. The molecule has 0 unspecified atom stereocenters. The van der Waals surface area contributed by atoms with Crippen molar-refractivity contribution in [3.05, 3.63) is 29.3 Å². The summed E-state index contributed by atoms with van der Waals surface area (Å²) in [5, 5.41) is 17.3. The predicted octanol–water partition coefficient (Wildman–Crippen LogP) is 1.95. The minimum Gasteiger partial charge on any atom is -0.405 e. The number of nitrogens with zero attached hydrogens (tertiary/aromatic N) is 1. The minimum absolute atomic E-state index is 0.0774. The van der Waals surface area contributed by atoms with Gasteiger partial charge in [-0.05, 0) is 18.2 Å². The lowest BCUT2D eigenvalue weighted by molar-refractivity contribution is -0.275. The van der Waals surface area contributed by atoms with Gasteiger partial charge in [-0.15, -0.1) is 13.2 Å². The molecule has 0 aliphatic heterocycles. The second kappa shape index (κ2) is 4.19. The first kappa shape index (κ1) is 11.3. The van der Waals surface area contributed by atoms with E-state index >= 15 is 0 Å². The van der Waals surface area contributed by atoms with Crippen LogP contribution in [0.2, 0.25) is 0 Å². The highest BCUT2D eigenvalue weighted by Gasteiger charge is 2.32. The van der Waals surface area contributed by atoms with Gasteiger partial charge in [0, 0.05) is 5.56 Å². The Morgan fingerprint density at radius 1 is 1.40 bits per heavy atom. The van der Waals surface area contributed by atoms with Crippen LogP contribution in [0.1, 0.15) is 11.1 Å². The van der Waals surface area contributed by atoms with Gasteiger partial charge in [0.05, 0.1) is 18.2 Å². The van der Waals surface area contributed by atoms with Gasteiger partial charge in [-0.3, -0.25) is 0 Å². The molecule has 0 saturated heterocycles. The monoisotopic (exact) mass is 217 g/mol. The molecule has 0 atom stereocenters. The predicted molar refractivity (Wildman–Crippen MR) is 43.8 cm³/mol. The Balaban J connectivity index is 3.04. The summed E-state index contributed by atoms with van der Waals surface area (Å²) >= 11 is 0. The zero-order valence-electron chi connectivity index (χ0n) is 7.38. The molecule has 0 aliphatic carbocycles. The van der Waals surface area contributed by atoms with Crippen LogP contribution < -0.4 is 4.74 Å². The fourth-order valence-corrected chi connectivity index (χ4v) is 0.997. The Bertz CT molecular complexity index is 395. The minimum atomic E-state index is -4.81. The molecule has 1 rings (SSSR count). The Kier molecular flexibility index (Phi) is 3.17. The number of benzene rings is 1. The van der Waals surface area contributed by atoms with E-state index in [2.05, 4.69) is 4.74 Å². The zero-order chi connectivity index (χ0) is 11.5. The van der Waals surface area contributed by atoms with E-state index in [4.69, 9.17) is 10.4 Å². The van der Waals surface area contributed by atoms with E-state index in [-0.39, 0.29) is 11.1 Å². The summed E-state index contributed by atoms with van der Waals surface area (Å²) < 4.78 is 39.3. The van der Waals surface area contributed by atoms with Crippen LogP contribution in [0.5, 0.6) is 5.75 Å². The Labute approximate surface area is 83.3 Å². The largest absolute Gasteiger partial charge is 0.573 e. The topological polar surface area (TPSA) is 53.2 Å². The number of hydrogen-bond acceptors (Lipinski definition) is 3. The van der Waals surface area contributed by atoms with Crippen LogP contribution in [0.4, 0.5) is 13.2 Å². The van der Waals surface area contributed by atoms with Crippen LogP contribution in [0, 0.1) is 11.3 Å². The molecular formula is C9H6F3NO2. The van der Waals surface area contributed by atoms with Crippen molar-refractivity contribution in [2.24, 2.45) is 0 Å². The molecule has 0 aromatic heterocycles. The van der Waals surface area contributed by atoms with Crippen LogP contribution >= 0.6 is 0 Å². The van der Waals surface area contributed by atoms with Crippen molar-refractivity contribution in [2.75, 3.05) is 0 Å². The molecule has 0 saturated carbocycles. The van der Waals surface area contributed by atoms with Gasteiger partial charge in [0.1, 0.15) is 5.75 Å². The molecule has 1 N–H and O–H groups in total. The maximum absolute atomic E-state index is 11.9. The van der Waals surface area contributed by atoms with Gasteiger partial charge in [-0.1, -0.05) is 0 Å². The van der Waals surface area contributed by atoms with E-state index in [0.717, 1.165) is 12.1 Å². The maximum Gasteiger partial charge on any atom is 0.573 e. The van der Waals surface area contributed by atoms with Crippen molar-refractivity contribution >= 4 is 0 Å². The van der Waals surface area contributed by atoms with Crippen molar-refractivity contribution in [1.82, 2.24) is 0 Å². The second-order valence-electron chi connectivity index (χ2n) is 2.64. The summed E-state index contributed by atoms with van der Waals surface area (Å²) in [5.74, 6) is -0.496. The van der Waals surface area contributed by atoms with Gasteiger partial charge in [0.15, 0.2) is 0 Å². The lowest BCUT2D eigenvalue weighted by atomic mass is 10.1. The molecule has 1 aromatic carbocycles. The average molecular weight is 217 g/mol. The van der Waals surface area contributed by atoms with Gasteiger partial charge in [0.25, 0.3) is 0 Å². The molecule has 0 heterocycles. The van der Waals surface area contributed by atoms with Crippen LogP contribution in [0.25, 0.3) is 0 Å². The summed E-state index contributed by atoms with van der Waals surface area (Å²) in [4.78, 5) is 0. The Hall–Kier alpha value is -1.74. The van der Waals surface area contributed by atoms with Gasteiger partial charge in [-0.25, -0.2) is 0 Å². The number of alkyl halides is 3. The van der Waals surface area contributed by atoms with Crippen molar-refractivity contribution in [3.63, 3.8) is 0 Å². The quantitative estimate of drug-likeness (QED) is 0.823. The molecule has 0 bridgehead atoms. The lowest BCUT2D eigenvalue weighted by Crippen LogP contribution is -2.18. The SMILES string of the molecule is N#Cc1ccc(OC(F)(F)F)c(CO)c1. The zero-order valence-corrected chi connectivity index (χ0v) is 7.38. The number of nitriles is 1. The molecule has 0 radical (unpaired) electrons. The smallest absolute Gasteiger partial charge is 0.405 e. The van der Waals surface area contributed by atoms with Crippen LogP contribution in [-0.4, -0.2) is 11.5 Å². The molecule has 0 spiro atoms. The Morgan fingerprint density at radius 2 is 2.07 bits per heavy atom. The van der Waals surface area contributed by atoms with Crippen LogP contribution in [0.15, 0.2) is 18.2 Å². The molecule has 3 nitrogen and oxygen atoms in total. The second-order valence-corrected chi connectivity index (χ2v) is 2.64. The first-order valence-corrected chi connectivity index (χ1v) is 3.86. The van der Waals surface area contributed by atoms with E-state index in [0.29, 0.717) is 0 Å². The van der Waals surface area contributed by atoms with E-state index < -0.39 is 18.7 Å². The van der Waals surface area contributed by atoms with E-state index in [1.807, 2.05) is 0 Å². The highest BCUT2D eigenvalue weighted by Crippen LogP contribution is 2.27. The third-order valence-corrected chi connectivity index (χ3v) is 1.59. The van der Waals surface area contributed by atoms with Gasteiger partial charge in [0.2, 0.25) is 0 Å². The third-order valence-electron chi connectivity index (χ3n) is 1.59. The summed E-state index contributed by atoms with van der Waals surface area (Å²) in [6, 6.07) is 5.06. The Morgan fingerprint density at radius 3 is 2.53 bits per heavy atom. The van der Waals surface area contributed by atoms with Gasteiger partial charge in [-0.2, -0.15) is 5.26 Å². The number of halogens is 3.